The van der Waals surface area contributed by atoms with Crippen molar-refractivity contribution < 1.29 is 21.9 Å². The quantitative estimate of drug-likeness (QED) is 0.706. The van der Waals surface area contributed by atoms with Gasteiger partial charge in [-0.25, -0.2) is 0 Å². The zero-order valence-electron chi connectivity index (χ0n) is 12.4. The molecule has 0 aliphatic heterocycles. The third-order valence-electron chi connectivity index (χ3n) is 3.71. The average Bonchev–Trinajstić information content (AvgIpc) is 3.22. The van der Waals surface area contributed by atoms with Crippen molar-refractivity contribution in [3.05, 3.63) is 106 Å². The summed E-state index contributed by atoms with van der Waals surface area (Å²) >= 11 is 0. The molecule has 0 aromatic heterocycles. The van der Waals surface area contributed by atoms with Gasteiger partial charge in [-0.1, -0.05) is 11.6 Å². The molecule has 111 valence electrons. The SMILES string of the molecule is CC(=O)[C]1[CH][CH][C](CC=C([C]2[CH][CH][CH][CH]2)[C]2[CH][CH][CH][CH]2)[CH]1.[Fe]. The van der Waals surface area contributed by atoms with Crippen LogP contribution < -0.4 is 0 Å². The molecule has 2 heteroatoms. The van der Waals surface area contributed by atoms with Gasteiger partial charge >= 0.3 is 0 Å². The van der Waals surface area contributed by atoms with Crippen LogP contribution in [0.3, 0.4) is 0 Å². The van der Waals surface area contributed by atoms with Gasteiger partial charge in [0.25, 0.3) is 0 Å². The van der Waals surface area contributed by atoms with Gasteiger partial charge in [0.15, 0.2) is 0 Å². The van der Waals surface area contributed by atoms with E-state index in [9.17, 15) is 4.79 Å². The summed E-state index contributed by atoms with van der Waals surface area (Å²) in [5.74, 6) is 4.56. The largest absolute Gasteiger partial charge is 0.299 e. The second-order valence-electron chi connectivity index (χ2n) is 5.23. The van der Waals surface area contributed by atoms with E-state index in [0.29, 0.717) is 0 Å². The van der Waals surface area contributed by atoms with E-state index in [1.54, 1.807) is 6.92 Å². The number of ketones is 1. The minimum absolute atomic E-state index is 0. The summed E-state index contributed by atoms with van der Waals surface area (Å²) in [5, 5.41) is 0. The smallest absolute Gasteiger partial charge is 0.137 e. The summed E-state index contributed by atoms with van der Waals surface area (Å²) in [4.78, 5) is 11.4. The topological polar surface area (TPSA) is 17.1 Å². The number of carbonyl (C=O) groups excluding carboxylic acids is 1. The van der Waals surface area contributed by atoms with Crippen LogP contribution in [-0.4, -0.2) is 5.78 Å². The van der Waals surface area contributed by atoms with Crippen molar-refractivity contribution in [3.8, 4) is 0 Å². The number of rotatable bonds is 5. The van der Waals surface area contributed by atoms with Crippen LogP contribution in [0.2, 0.25) is 0 Å². The van der Waals surface area contributed by atoms with Gasteiger partial charge in [0.05, 0.1) is 0 Å². The van der Waals surface area contributed by atoms with Gasteiger partial charge in [-0.3, -0.25) is 4.79 Å². The van der Waals surface area contributed by atoms with Crippen molar-refractivity contribution in [2.24, 2.45) is 0 Å². The number of carbonyl (C=O) groups is 1. The molecule has 1 nitrogen and oxygen atoms in total. The molecule has 15 radical (unpaired) electrons. The third kappa shape index (κ3) is 4.48. The van der Waals surface area contributed by atoms with E-state index in [-0.39, 0.29) is 22.9 Å². The number of hydrogen-bond donors (Lipinski definition) is 0. The Bertz CT molecular complexity index is 371. The minimum Gasteiger partial charge on any atom is -0.299 e. The molecule has 0 unspecified atom stereocenters. The molecule has 0 aromatic rings. The van der Waals surface area contributed by atoms with Gasteiger partial charge in [0.1, 0.15) is 5.78 Å². The molecule has 0 aromatic carbocycles. The summed E-state index contributed by atoms with van der Waals surface area (Å²) in [5.41, 5.74) is 1.25. The monoisotopic (exact) mass is 329 g/mol. The Balaban J connectivity index is 0.00000176. The van der Waals surface area contributed by atoms with Crippen molar-refractivity contribution in [3.63, 3.8) is 0 Å². The molecule has 3 rings (SSSR count). The molecule has 3 aliphatic carbocycles. The van der Waals surface area contributed by atoms with E-state index in [0.717, 1.165) is 12.3 Å². The molecule has 0 bridgehead atoms. The van der Waals surface area contributed by atoms with Crippen molar-refractivity contribution in [1.29, 1.82) is 0 Å². The van der Waals surface area contributed by atoms with Crippen molar-refractivity contribution in [2.75, 3.05) is 0 Å². The normalized spacial score (nSPS) is 24.6. The second-order valence-corrected chi connectivity index (χ2v) is 5.23. The van der Waals surface area contributed by atoms with Crippen LogP contribution in [0.25, 0.3) is 0 Å². The van der Waals surface area contributed by atoms with E-state index in [1.165, 1.54) is 23.3 Å². The maximum absolute atomic E-state index is 11.4. The number of hydrogen-bond acceptors (Lipinski definition) is 1. The molecule has 0 amide bonds. The summed E-state index contributed by atoms with van der Waals surface area (Å²) in [6, 6.07) is 0. The number of allylic oxidation sites excluding steroid dienone is 2. The molecule has 0 saturated heterocycles. The zero-order valence-corrected chi connectivity index (χ0v) is 13.5. The van der Waals surface area contributed by atoms with E-state index >= 15 is 0 Å². The molecule has 22 heavy (non-hydrogen) atoms. The van der Waals surface area contributed by atoms with Crippen LogP contribution in [-0.2, 0) is 21.9 Å². The van der Waals surface area contributed by atoms with Gasteiger partial charge in [0, 0.05) is 34.8 Å². The molecule has 0 atom stereocenters. The Morgan fingerprint density at radius 2 is 1.41 bits per heavy atom. The van der Waals surface area contributed by atoms with Crippen molar-refractivity contribution >= 4 is 5.78 Å². The Kier molecular flexibility index (Phi) is 7.22. The van der Waals surface area contributed by atoms with E-state index in [2.05, 4.69) is 57.4 Å². The zero-order chi connectivity index (χ0) is 14.7. The van der Waals surface area contributed by atoms with E-state index in [4.69, 9.17) is 0 Å². The van der Waals surface area contributed by atoms with Crippen LogP contribution in [0.4, 0.5) is 0 Å². The number of Topliss-reactive ketones (excluding diaryl/α,β-unsaturated/α-hetero) is 1. The maximum Gasteiger partial charge on any atom is 0.137 e. The van der Waals surface area contributed by atoms with Gasteiger partial charge in [-0.15, -0.1) is 0 Å². The maximum atomic E-state index is 11.4. The first-order valence-corrected chi connectivity index (χ1v) is 7.15. The fourth-order valence-electron chi connectivity index (χ4n) is 2.57. The predicted octanol–water partition coefficient (Wildman–Crippen LogP) is 3.48. The van der Waals surface area contributed by atoms with Gasteiger partial charge < -0.3 is 0 Å². The van der Waals surface area contributed by atoms with Crippen LogP contribution in [0.5, 0.6) is 0 Å². The summed E-state index contributed by atoms with van der Waals surface area (Å²) in [6.07, 6.45) is 25.7. The van der Waals surface area contributed by atoms with Crippen LogP contribution in [0.15, 0.2) is 11.6 Å². The minimum atomic E-state index is 0. The summed E-state index contributed by atoms with van der Waals surface area (Å²) in [7, 11) is 0. The molecule has 0 N–H and O–H groups in total. The van der Waals surface area contributed by atoms with E-state index < -0.39 is 0 Å². The Labute approximate surface area is 147 Å². The van der Waals surface area contributed by atoms with Crippen molar-refractivity contribution in [1.82, 2.24) is 0 Å². The fraction of sp³-hybridized carbons (Fsp3) is 0.100. The predicted molar refractivity (Wildman–Crippen MR) is 83.7 cm³/mol. The first-order chi connectivity index (χ1) is 10.2. The second kappa shape index (κ2) is 8.69. The van der Waals surface area contributed by atoms with Crippen LogP contribution >= 0.6 is 0 Å². The van der Waals surface area contributed by atoms with Crippen LogP contribution in [0.1, 0.15) is 13.3 Å². The molecular formula is C20H17FeO. The van der Waals surface area contributed by atoms with Gasteiger partial charge in [-0.05, 0) is 89.9 Å². The molecule has 0 heterocycles. The Morgan fingerprint density at radius 3 is 1.86 bits per heavy atom. The molecule has 3 fully saturated rings. The molecular weight excluding hydrogens is 312 g/mol. The summed E-state index contributed by atoms with van der Waals surface area (Å²) in [6.45, 7) is 1.61. The molecule has 3 saturated carbocycles. The fourth-order valence-corrected chi connectivity index (χ4v) is 2.57. The van der Waals surface area contributed by atoms with Gasteiger partial charge in [-0.2, -0.15) is 0 Å². The van der Waals surface area contributed by atoms with Gasteiger partial charge in [0.2, 0.25) is 0 Å². The summed E-state index contributed by atoms with van der Waals surface area (Å²) < 4.78 is 0. The third-order valence-corrected chi connectivity index (χ3v) is 3.71. The molecule has 0 spiro atoms. The van der Waals surface area contributed by atoms with Crippen molar-refractivity contribution in [2.45, 2.75) is 13.3 Å². The Morgan fingerprint density at radius 1 is 0.864 bits per heavy atom. The first-order valence-electron chi connectivity index (χ1n) is 7.15. The van der Waals surface area contributed by atoms with Crippen LogP contribution in [0, 0.1) is 94.3 Å². The first kappa shape index (κ1) is 18.3. The Hall–Kier alpha value is -0.0705. The molecule has 3 aliphatic rings. The standard InChI is InChI=1S/C20H17O.Fe/c1-15(21)19-12-10-16(14-19)11-13-20(17-6-2-3-7-17)18-8-4-5-9-18;/h2-10,12-14H,11H2,1H3;. The van der Waals surface area contributed by atoms with E-state index in [1.807, 2.05) is 19.3 Å². The average molecular weight is 329 g/mol.